The Balaban J connectivity index is 1.97. The van der Waals surface area contributed by atoms with E-state index < -0.39 is 17.7 Å². The van der Waals surface area contributed by atoms with Crippen molar-refractivity contribution in [1.29, 1.82) is 0 Å². The molecule has 33 heavy (non-hydrogen) atoms. The number of piperazine rings is 1. The molecule has 2 amide bonds. The number of hydrogen-bond donors (Lipinski definition) is 3. The molecule has 0 radical (unpaired) electrons. The highest BCUT2D eigenvalue weighted by atomic mass is 19.1. The SMILES string of the molecule is CC[C@H](C)CNC(=O)[C@H](C)C[C@H](O)[C@@H](N)CN1CC(=O)N(c2cc(F)ccc2C)CC1(C)C. The molecule has 1 heterocycles. The summed E-state index contributed by atoms with van der Waals surface area (Å²) in [5, 5.41) is 13.6. The van der Waals surface area contributed by atoms with Crippen molar-refractivity contribution in [2.75, 3.05) is 31.1 Å². The molecule has 186 valence electrons. The number of carbonyl (C=O) groups is 2. The minimum Gasteiger partial charge on any atom is -0.391 e. The van der Waals surface area contributed by atoms with E-state index in [1.165, 1.54) is 12.1 Å². The molecule has 4 N–H and O–H groups in total. The van der Waals surface area contributed by atoms with Gasteiger partial charge in [-0.15, -0.1) is 0 Å². The minimum atomic E-state index is -0.872. The standard InChI is InChI=1S/C25H41FN4O3/c1-7-16(2)12-28-24(33)18(4)10-22(31)20(27)13-29-14-23(32)30(15-25(29,5)6)21-11-19(26)9-8-17(21)3/h8-9,11,16,18,20,22,31H,7,10,12-15,27H2,1-6H3,(H,28,33)/t16-,18+,20-,22-/m0/s1. The Morgan fingerprint density at radius 3 is 2.64 bits per heavy atom. The Morgan fingerprint density at radius 2 is 2.00 bits per heavy atom. The van der Waals surface area contributed by atoms with Gasteiger partial charge in [0.05, 0.1) is 12.6 Å². The molecule has 0 spiro atoms. The zero-order valence-electron chi connectivity index (χ0n) is 20.9. The van der Waals surface area contributed by atoms with Crippen LogP contribution in [0.1, 0.15) is 53.0 Å². The first-order chi connectivity index (χ1) is 15.4. The summed E-state index contributed by atoms with van der Waals surface area (Å²) in [6.07, 6.45) is 0.372. The van der Waals surface area contributed by atoms with Gasteiger partial charge in [-0.2, -0.15) is 0 Å². The van der Waals surface area contributed by atoms with Gasteiger partial charge in [0.15, 0.2) is 0 Å². The van der Waals surface area contributed by atoms with Gasteiger partial charge in [-0.05, 0) is 50.8 Å². The fourth-order valence-corrected chi connectivity index (χ4v) is 4.06. The molecule has 1 aromatic carbocycles. The normalized spacial score (nSPS) is 20.3. The van der Waals surface area contributed by atoms with Gasteiger partial charge in [0.25, 0.3) is 0 Å². The van der Waals surface area contributed by atoms with Crippen molar-refractivity contribution in [3.8, 4) is 0 Å². The molecule has 0 aliphatic carbocycles. The van der Waals surface area contributed by atoms with Gasteiger partial charge in [-0.25, -0.2) is 4.39 Å². The molecule has 1 fully saturated rings. The van der Waals surface area contributed by atoms with Gasteiger partial charge in [-0.3, -0.25) is 14.5 Å². The fraction of sp³-hybridized carbons (Fsp3) is 0.680. The molecule has 0 bridgehead atoms. The quantitative estimate of drug-likeness (QED) is 0.494. The van der Waals surface area contributed by atoms with Crippen LogP contribution in [0.4, 0.5) is 10.1 Å². The summed E-state index contributed by atoms with van der Waals surface area (Å²) in [6, 6.07) is 3.84. The molecule has 2 rings (SSSR count). The summed E-state index contributed by atoms with van der Waals surface area (Å²) in [6.45, 7) is 13.2. The molecule has 1 aliphatic rings. The zero-order chi connectivity index (χ0) is 24.9. The largest absolute Gasteiger partial charge is 0.391 e. The van der Waals surface area contributed by atoms with E-state index in [0.717, 1.165) is 12.0 Å². The van der Waals surface area contributed by atoms with E-state index >= 15 is 0 Å². The predicted octanol–water partition coefficient (Wildman–Crippen LogP) is 2.44. The number of aliphatic hydroxyl groups is 1. The highest BCUT2D eigenvalue weighted by molar-refractivity contribution is 5.96. The van der Waals surface area contributed by atoms with Gasteiger partial charge in [-0.1, -0.05) is 33.3 Å². The monoisotopic (exact) mass is 464 g/mol. The number of anilines is 1. The van der Waals surface area contributed by atoms with E-state index in [2.05, 4.69) is 19.2 Å². The van der Waals surface area contributed by atoms with Crippen molar-refractivity contribution in [2.24, 2.45) is 17.6 Å². The van der Waals surface area contributed by atoms with Crippen LogP contribution in [-0.2, 0) is 9.59 Å². The second kappa shape index (κ2) is 11.4. The van der Waals surface area contributed by atoms with Gasteiger partial charge in [0, 0.05) is 42.8 Å². The lowest BCUT2D eigenvalue weighted by atomic mass is 9.93. The number of halogens is 1. The van der Waals surface area contributed by atoms with Gasteiger partial charge in [0.2, 0.25) is 11.8 Å². The van der Waals surface area contributed by atoms with E-state index in [1.807, 2.05) is 25.7 Å². The molecule has 1 aliphatic heterocycles. The van der Waals surface area contributed by atoms with Crippen LogP contribution in [0.5, 0.6) is 0 Å². The highest BCUT2D eigenvalue weighted by Gasteiger charge is 2.40. The van der Waals surface area contributed by atoms with Crippen LogP contribution >= 0.6 is 0 Å². The Labute approximate surface area is 197 Å². The van der Waals surface area contributed by atoms with Crippen molar-refractivity contribution in [2.45, 2.75) is 72.1 Å². The maximum atomic E-state index is 13.8. The van der Waals surface area contributed by atoms with E-state index in [-0.39, 0.29) is 36.5 Å². The average molecular weight is 465 g/mol. The molecule has 0 aromatic heterocycles. The van der Waals surface area contributed by atoms with Crippen molar-refractivity contribution in [1.82, 2.24) is 10.2 Å². The summed E-state index contributed by atoms with van der Waals surface area (Å²) in [5.41, 5.74) is 7.28. The molecule has 7 nitrogen and oxygen atoms in total. The minimum absolute atomic E-state index is 0.0869. The summed E-state index contributed by atoms with van der Waals surface area (Å²) in [5.74, 6) is -0.560. The Bertz CT molecular complexity index is 832. The number of rotatable bonds is 10. The lowest BCUT2D eigenvalue weighted by molar-refractivity contribution is -0.125. The summed E-state index contributed by atoms with van der Waals surface area (Å²) >= 11 is 0. The number of carbonyl (C=O) groups excluding carboxylic acids is 2. The first kappa shape index (κ1) is 27.2. The van der Waals surface area contributed by atoms with Gasteiger partial charge < -0.3 is 21.1 Å². The molecule has 1 saturated heterocycles. The first-order valence-electron chi connectivity index (χ1n) is 11.9. The third-order valence-electron chi connectivity index (χ3n) is 6.78. The zero-order valence-corrected chi connectivity index (χ0v) is 20.9. The van der Waals surface area contributed by atoms with Crippen LogP contribution in [-0.4, -0.2) is 65.7 Å². The molecule has 0 unspecified atom stereocenters. The highest BCUT2D eigenvalue weighted by Crippen LogP contribution is 2.29. The summed E-state index contributed by atoms with van der Waals surface area (Å²) in [4.78, 5) is 28.8. The van der Waals surface area contributed by atoms with Crippen LogP contribution in [0.2, 0.25) is 0 Å². The molecule has 1 aromatic rings. The number of aliphatic hydroxyl groups excluding tert-OH is 1. The molecular weight excluding hydrogens is 423 g/mol. The number of nitrogens with one attached hydrogen (secondary N) is 1. The van der Waals surface area contributed by atoms with E-state index in [1.54, 1.807) is 17.9 Å². The summed E-state index contributed by atoms with van der Waals surface area (Å²) in [7, 11) is 0. The number of benzene rings is 1. The van der Waals surface area contributed by atoms with Crippen LogP contribution < -0.4 is 16.0 Å². The maximum Gasteiger partial charge on any atom is 0.241 e. The molecule has 0 saturated carbocycles. The van der Waals surface area contributed by atoms with Crippen molar-refractivity contribution in [3.63, 3.8) is 0 Å². The molecular formula is C25H41FN4O3. The Kier molecular flexibility index (Phi) is 9.40. The molecule has 8 heteroatoms. The smallest absolute Gasteiger partial charge is 0.241 e. The lowest BCUT2D eigenvalue weighted by Gasteiger charge is -2.48. The van der Waals surface area contributed by atoms with Crippen LogP contribution in [0, 0.1) is 24.6 Å². The topological polar surface area (TPSA) is 98.9 Å². The van der Waals surface area contributed by atoms with Gasteiger partial charge >= 0.3 is 0 Å². The average Bonchev–Trinajstić information content (AvgIpc) is 2.75. The predicted molar refractivity (Wildman–Crippen MR) is 129 cm³/mol. The van der Waals surface area contributed by atoms with Crippen LogP contribution in [0.25, 0.3) is 0 Å². The van der Waals surface area contributed by atoms with Crippen LogP contribution in [0.3, 0.4) is 0 Å². The number of aryl methyl sites for hydroxylation is 1. The van der Waals surface area contributed by atoms with Crippen molar-refractivity contribution < 1.29 is 19.1 Å². The third kappa shape index (κ3) is 7.22. The summed E-state index contributed by atoms with van der Waals surface area (Å²) < 4.78 is 13.8. The molecule has 4 atom stereocenters. The number of hydrogen-bond acceptors (Lipinski definition) is 5. The van der Waals surface area contributed by atoms with Crippen LogP contribution in [0.15, 0.2) is 18.2 Å². The van der Waals surface area contributed by atoms with E-state index in [9.17, 15) is 19.1 Å². The maximum absolute atomic E-state index is 13.8. The third-order valence-corrected chi connectivity index (χ3v) is 6.78. The van der Waals surface area contributed by atoms with Crippen molar-refractivity contribution in [3.05, 3.63) is 29.6 Å². The van der Waals surface area contributed by atoms with Crippen molar-refractivity contribution >= 4 is 17.5 Å². The van der Waals surface area contributed by atoms with Gasteiger partial charge in [0.1, 0.15) is 5.82 Å². The number of nitrogens with zero attached hydrogens (tertiary/aromatic N) is 2. The Hall–Kier alpha value is -2.03. The number of amides is 2. The van der Waals surface area contributed by atoms with E-state index in [4.69, 9.17) is 5.73 Å². The first-order valence-corrected chi connectivity index (χ1v) is 11.9. The second-order valence-corrected chi connectivity index (χ2v) is 10.2. The lowest BCUT2D eigenvalue weighted by Crippen LogP contribution is -2.64. The second-order valence-electron chi connectivity index (χ2n) is 10.2. The Morgan fingerprint density at radius 1 is 1.33 bits per heavy atom. The van der Waals surface area contributed by atoms with E-state index in [0.29, 0.717) is 31.2 Å². The number of nitrogens with two attached hydrogens (primary N) is 1. The fourth-order valence-electron chi connectivity index (χ4n) is 4.06.